The van der Waals surface area contributed by atoms with E-state index in [0.717, 1.165) is 16.7 Å². The molecule has 1 amide bonds. The molecule has 2 heterocycles. The van der Waals surface area contributed by atoms with Gasteiger partial charge in [-0.1, -0.05) is 28.9 Å². The zero-order valence-electron chi connectivity index (χ0n) is 20.5. The molecule has 1 aromatic carbocycles. The predicted molar refractivity (Wildman–Crippen MR) is 130 cm³/mol. The van der Waals surface area contributed by atoms with Gasteiger partial charge in [-0.3, -0.25) is 4.79 Å². The molecular weight excluding hydrogens is 438 g/mol. The summed E-state index contributed by atoms with van der Waals surface area (Å²) in [6, 6.07) is 4.19. The zero-order chi connectivity index (χ0) is 24.3. The van der Waals surface area contributed by atoms with Gasteiger partial charge in [-0.15, -0.1) is 0 Å². The quantitative estimate of drug-likeness (QED) is 0.597. The number of hydrogen-bond donors (Lipinski definition) is 0. The maximum Gasteiger partial charge on any atom is 0.248 e. The number of benzene rings is 1. The summed E-state index contributed by atoms with van der Waals surface area (Å²) in [5.74, 6) is -0.0955. The van der Waals surface area contributed by atoms with Crippen LogP contribution in [0.15, 0.2) is 21.6 Å². The van der Waals surface area contributed by atoms with Crippen LogP contribution in [0.1, 0.15) is 60.4 Å². The highest BCUT2D eigenvalue weighted by molar-refractivity contribution is 7.89. The molecule has 0 N–H and O–H groups in total. The Bertz CT molecular complexity index is 1120. The van der Waals surface area contributed by atoms with Gasteiger partial charge in [0, 0.05) is 26.2 Å². The molecule has 7 nitrogen and oxygen atoms in total. The van der Waals surface area contributed by atoms with E-state index in [1.54, 1.807) is 17.9 Å². The topological polar surface area (TPSA) is 83.7 Å². The fourth-order valence-corrected chi connectivity index (χ4v) is 6.47. The Balaban J connectivity index is 1.91. The minimum atomic E-state index is -3.86. The average Bonchev–Trinajstić information content (AvgIpc) is 3.15. The maximum atomic E-state index is 13.6. The molecule has 1 unspecified atom stereocenters. The number of amides is 1. The molecule has 1 aromatic heterocycles. The predicted octanol–water partition coefficient (Wildman–Crippen LogP) is 4.35. The van der Waals surface area contributed by atoms with E-state index in [4.69, 9.17) is 4.52 Å². The average molecular weight is 474 g/mol. The van der Waals surface area contributed by atoms with Crippen molar-refractivity contribution in [2.24, 2.45) is 5.92 Å². The number of carbonyl (C=O) groups is 1. The first-order valence-corrected chi connectivity index (χ1v) is 13.0. The molecule has 1 saturated heterocycles. The van der Waals surface area contributed by atoms with Crippen molar-refractivity contribution in [1.82, 2.24) is 14.4 Å². The number of nitrogens with zero attached hydrogens (tertiary/aromatic N) is 3. The van der Waals surface area contributed by atoms with E-state index >= 15 is 0 Å². The van der Waals surface area contributed by atoms with Gasteiger partial charge < -0.3 is 9.42 Å². The zero-order valence-corrected chi connectivity index (χ0v) is 21.3. The molecule has 1 aliphatic rings. The summed E-state index contributed by atoms with van der Waals surface area (Å²) in [5.41, 5.74) is 4.75. The lowest BCUT2D eigenvalue weighted by molar-refractivity contribution is -0.136. The summed E-state index contributed by atoms with van der Waals surface area (Å²) in [7, 11) is -3.86. The first-order chi connectivity index (χ1) is 15.6. The van der Waals surface area contributed by atoms with Crippen molar-refractivity contribution in [3.05, 3.63) is 45.8 Å². The van der Waals surface area contributed by atoms with Crippen LogP contribution < -0.4 is 0 Å². The molecule has 0 bridgehead atoms. The van der Waals surface area contributed by atoms with Crippen LogP contribution in [-0.2, 0) is 14.8 Å². The van der Waals surface area contributed by atoms with Crippen LogP contribution in [0.25, 0.3) is 12.2 Å². The normalized spacial score (nSPS) is 17.6. The van der Waals surface area contributed by atoms with Crippen LogP contribution in [0.3, 0.4) is 0 Å². The summed E-state index contributed by atoms with van der Waals surface area (Å²) < 4.78 is 34.1. The number of sulfonamides is 1. The van der Waals surface area contributed by atoms with Gasteiger partial charge in [0.05, 0.1) is 5.92 Å². The molecule has 0 radical (unpaired) electrons. The molecular formula is C25H35N3O4S. The second-order valence-corrected chi connectivity index (χ2v) is 10.7. The van der Waals surface area contributed by atoms with E-state index in [1.165, 1.54) is 9.87 Å². The summed E-state index contributed by atoms with van der Waals surface area (Å²) in [4.78, 5) is 14.7. The van der Waals surface area contributed by atoms with Gasteiger partial charge in [0.1, 0.15) is 5.69 Å². The van der Waals surface area contributed by atoms with E-state index < -0.39 is 10.0 Å². The molecule has 0 saturated carbocycles. The largest absolute Gasteiger partial charge is 0.355 e. The number of piperidine rings is 1. The molecule has 1 aliphatic heterocycles. The third-order valence-corrected chi connectivity index (χ3v) is 8.40. The van der Waals surface area contributed by atoms with Gasteiger partial charge in [0.25, 0.3) is 0 Å². The molecule has 33 heavy (non-hydrogen) atoms. The van der Waals surface area contributed by atoms with Crippen molar-refractivity contribution < 1.29 is 17.7 Å². The molecule has 0 aliphatic carbocycles. The summed E-state index contributed by atoms with van der Waals surface area (Å²) in [5, 5.41) is 3.95. The van der Waals surface area contributed by atoms with Gasteiger partial charge in [-0.25, -0.2) is 8.42 Å². The third-order valence-electron chi connectivity index (χ3n) is 6.38. The fourth-order valence-electron chi connectivity index (χ4n) is 4.70. The van der Waals surface area contributed by atoms with Gasteiger partial charge in [0.15, 0.2) is 10.7 Å². The van der Waals surface area contributed by atoms with Gasteiger partial charge in [-0.05, 0) is 77.2 Å². The first-order valence-electron chi connectivity index (χ1n) is 11.6. The molecule has 180 valence electrons. The standard InChI is InChI=1S/C25H35N3O4S/c1-7-27(8-2)25(29)21-10-9-13-28(16-21)33(30,31)24-20(6)26-32-23(24)12-11-22-18(4)14-17(3)15-19(22)5/h11-12,14-15,21H,7-10,13,16H2,1-6H3. The molecule has 2 aromatic rings. The molecule has 0 spiro atoms. The lowest BCUT2D eigenvalue weighted by Crippen LogP contribution is -2.46. The van der Waals surface area contributed by atoms with E-state index in [1.807, 2.05) is 33.8 Å². The summed E-state index contributed by atoms with van der Waals surface area (Å²) >= 11 is 0. The lowest BCUT2D eigenvalue weighted by Gasteiger charge is -2.33. The van der Waals surface area contributed by atoms with Crippen LogP contribution in [0.4, 0.5) is 0 Å². The Hall–Kier alpha value is -2.45. The Labute approximate surface area is 197 Å². The van der Waals surface area contributed by atoms with E-state index in [9.17, 15) is 13.2 Å². The number of rotatable bonds is 7. The van der Waals surface area contributed by atoms with Gasteiger partial charge in [-0.2, -0.15) is 4.31 Å². The van der Waals surface area contributed by atoms with Crippen LogP contribution >= 0.6 is 0 Å². The van der Waals surface area contributed by atoms with E-state index in [-0.39, 0.29) is 29.0 Å². The molecule has 1 atom stereocenters. The highest BCUT2D eigenvalue weighted by Crippen LogP contribution is 2.30. The Kier molecular flexibility index (Phi) is 7.80. The van der Waals surface area contributed by atoms with Crippen LogP contribution in [0.2, 0.25) is 0 Å². The summed E-state index contributed by atoms with van der Waals surface area (Å²) in [6.45, 7) is 13.4. The van der Waals surface area contributed by atoms with E-state index in [0.29, 0.717) is 38.2 Å². The number of carbonyl (C=O) groups excluding carboxylic acids is 1. The Morgan fingerprint density at radius 2 is 1.79 bits per heavy atom. The minimum absolute atomic E-state index is 0.0207. The van der Waals surface area contributed by atoms with Crippen LogP contribution in [0.5, 0.6) is 0 Å². The van der Waals surface area contributed by atoms with Crippen molar-refractivity contribution in [2.45, 2.75) is 59.3 Å². The smallest absolute Gasteiger partial charge is 0.248 e. The molecule has 3 rings (SSSR count). The summed E-state index contributed by atoms with van der Waals surface area (Å²) in [6.07, 6.45) is 4.91. The van der Waals surface area contributed by atoms with Crippen molar-refractivity contribution >= 4 is 28.1 Å². The number of aryl methyl sites for hydroxylation is 4. The van der Waals surface area contributed by atoms with Crippen LogP contribution in [-0.4, -0.2) is 54.9 Å². The van der Waals surface area contributed by atoms with E-state index in [2.05, 4.69) is 24.2 Å². The number of aromatic nitrogens is 1. The Morgan fingerprint density at radius 3 is 2.39 bits per heavy atom. The highest BCUT2D eigenvalue weighted by atomic mass is 32.2. The fraction of sp³-hybridized carbons (Fsp3) is 0.520. The SMILES string of the molecule is CCN(CC)C(=O)C1CCCN(S(=O)(=O)c2c(C)noc2C=Cc2c(C)cc(C)cc2C)C1. The van der Waals surface area contributed by atoms with Crippen molar-refractivity contribution in [3.63, 3.8) is 0 Å². The van der Waals surface area contributed by atoms with Gasteiger partial charge in [0.2, 0.25) is 15.9 Å². The maximum absolute atomic E-state index is 13.6. The van der Waals surface area contributed by atoms with Crippen molar-refractivity contribution in [1.29, 1.82) is 0 Å². The van der Waals surface area contributed by atoms with Gasteiger partial charge >= 0.3 is 0 Å². The third kappa shape index (κ3) is 5.22. The van der Waals surface area contributed by atoms with Crippen LogP contribution in [0, 0.1) is 33.6 Å². The monoisotopic (exact) mass is 473 g/mol. The molecule has 1 fully saturated rings. The molecule has 8 heteroatoms. The first kappa shape index (κ1) is 25.2. The van der Waals surface area contributed by atoms with Crippen molar-refractivity contribution in [2.75, 3.05) is 26.2 Å². The van der Waals surface area contributed by atoms with Crippen molar-refractivity contribution in [3.8, 4) is 0 Å². The second-order valence-electron chi connectivity index (χ2n) is 8.82. The second kappa shape index (κ2) is 10.2. The minimum Gasteiger partial charge on any atom is -0.355 e. The highest BCUT2D eigenvalue weighted by Gasteiger charge is 2.37. The number of hydrogen-bond acceptors (Lipinski definition) is 5. The Morgan fingerprint density at radius 1 is 1.15 bits per heavy atom. The lowest BCUT2D eigenvalue weighted by atomic mass is 9.98.